The van der Waals surface area contributed by atoms with Gasteiger partial charge in [-0.1, -0.05) is 26.0 Å². The number of rotatable bonds is 3. The first-order chi connectivity index (χ1) is 9.58. The van der Waals surface area contributed by atoms with Crippen molar-refractivity contribution in [1.29, 1.82) is 0 Å². The molecule has 4 nitrogen and oxygen atoms in total. The third-order valence-corrected chi connectivity index (χ3v) is 4.15. The van der Waals surface area contributed by atoms with Crippen LogP contribution >= 0.6 is 0 Å². The fraction of sp³-hybridized carbons (Fsp3) is 0.750. The molecule has 112 valence electrons. The largest absolute Gasteiger partial charge is 0.339 e. The van der Waals surface area contributed by atoms with Crippen molar-refractivity contribution in [3.8, 4) is 0 Å². The van der Waals surface area contributed by atoms with Gasteiger partial charge >= 0.3 is 0 Å². The van der Waals surface area contributed by atoms with E-state index in [9.17, 15) is 9.59 Å². The van der Waals surface area contributed by atoms with Gasteiger partial charge in [-0.25, -0.2) is 0 Å². The number of nitrogens with zero attached hydrogens (tertiary/aromatic N) is 2. The molecule has 1 atom stereocenters. The summed E-state index contributed by atoms with van der Waals surface area (Å²) in [6.45, 7) is 6.91. The maximum Gasteiger partial charge on any atom is 0.226 e. The van der Waals surface area contributed by atoms with E-state index in [0.717, 1.165) is 19.3 Å². The van der Waals surface area contributed by atoms with Crippen LogP contribution in [0.4, 0.5) is 0 Å². The molecule has 1 aliphatic heterocycles. The highest BCUT2D eigenvalue weighted by molar-refractivity contribution is 5.80. The van der Waals surface area contributed by atoms with Crippen molar-refractivity contribution in [2.75, 3.05) is 26.2 Å². The van der Waals surface area contributed by atoms with Crippen LogP contribution in [0.2, 0.25) is 0 Å². The lowest BCUT2D eigenvalue weighted by Crippen LogP contribution is -2.52. The highest BCUT2D eigenvalue weighted by atomic mass is 16.2. The molecule has 1 heterocycles. The van der Waals surface area contributed by atoms with E-state index in [0.29, 0.717) is 38.5 Å². The Morgan fingerprint density at radius 1 is 1.10 bits per heavy atom. The van der Waals surface area contributed by atoms with Gasteiger partial charge < -0.3 is 9.80 Å². The molecular weight excluding hydrogens is 252 g/mol. The van der Waals surface area contributed by atoms with E-state index in [1.54, 1.807) is 0 Å². The summed E-state index contributed by atoms with van der Waals surface area (Å²) in [7, 11) is 0. The van der Waals surface area contributed by atoms with Crippen LogP contribution in [0.3, 0.4) is 0 Å². The molecule has 0 bridgehead atoms. The van der Waals surface area contributed by atoms with Crippen molar-refractivity contribution >= 4 is 11.8 Å². The van der Waals surface area contributed by atoms with Crippen LogP contribution < -0.4 is 0 Å². The molecule has 4 heteroatoms. The normalized spacial score (nSPS) is 23.2. The Balaban J connectivity index is 1.80. The van der Waals surface area contributed by atoms with E-state index >= 15 is 0 Å². The lowest BCUT2D eigenvalue weighted by Gasteiger charge is -2.37. The summed E-state index contributed by atoms with van der Waals surface area (Å²) in [6.07, 6.45) is 7.76. The monoisotopic (exact) mass is 278 g/mol. The Morgan fingerprint density at radius 3 is 2.30 bits per heavy atom. The molecule has 2 aliphatic rings. The molecule has 0 aromatic rings. The molecule has 2 rings (SSSR count). The summed E-state index contributed by atoms with van der Waals surface area (Å²) in [4.78, 5) is 28.3. The first kappa shape index (κ1) is 15.1. The van der Waals surface area contributed by atoms with Gasteiger partial charge in [0.2, 0.25) is 11.8 Å². The topological polar surface area (TPSA) is 40.6 Å². The summed E-state index contributed by atoms with van der Waals surface area (Å²) < 4.78 is 0. The molecule has 0 radical (unpaired) electrons. The van der Waals surface area contributed by atoms with Gasteiger partial charge in [-0.05, 0) is 25.2 Å². The molecule has 20 heavy (non-hydrogen) atoms. The quantitative estimate of drug-likeness (QED) is 0.741. The van der Waals surface area contributed by atoms with E-state index < -0.39 is 0 Å². The SMILES string of the molecule is CC(C)CC(=O)N1CCN(C(=O)C2CC=CCC2)CC1. The number of hydrogen-bond acceptors (Lipinski definition) is 2. The fourth-order valence-corrected chi connectivity index (χ4v) is 2.93. The third-order valence-electron chi connectivity index (χ3n) is 4.15. The van der Waals surface area contributed by atoms with Crippen LogP contribution in [-0.2, 0) is 9.59 Å². The van der Waals surface area contributed by atoms with Crippen molar-refractivity contribution < 1.29 is 9.59 Å². The van der Waals surface area contributed by atoms with Crippen molar-refractivity contribution in [3.63, 3.8) is 0 Å². The second-order valence-electron chi connectivity index (χ2n) is 6.29. The van der Waals surface area contributed by atoms with Crippen molar-refractivity contribution in [2.45, 2.75) is 39.5 Å². The number of carbonyl (C=O) groups is 2. The standard InChI is InChI=1S/C16H26N2O2/c1-13(2)12-15(19)17-8-10-18(11-9-17)16(20)14-6-4-3-5-7-14/h3-4,13-14H,5-12H2,1-2H3. The molecule has 1 unspecified atom stereocenters. The zero-order valence-corrected chi connectivity index (χ0v) is 12.7. The molecule has 0 aromatic heterocycles. The Labute approximate surface area is 121 Å². The zero-order valence-electron chi connectivity index (χ0n) is 12.7. The third kappa shape index (κ3) is 3.84. The Kier molecular flexibility index (Phi) is 5.21. The minimum atomic E-state index is 0.165. The second kappa shape index (κ2) is 6.91. The van der Waals surface area contributed by atoms with Gasteiger partial charge in [0.15, 0.2) is 0 Å². The number of amides is 2. The average Bonchev–Trinajstić information content (AvgIpc) is 2.47. The van der Waals surface area contributed by atoms with Crippen LogP contribution in [-0.4, -0.2) is 47.8 Å². The molecule has 1 aliphatic carbocycles. The molecule has 1 saturated heterocycles. The van der Waals surface area contributed by atoms with Crippen molar-refractivity contribution in [3.05, 3.63) is 12.2 Å². The molecular formula is C16H26N2O2. The second-order valence-corrected chi connectivity index (χ2v) is 6.29. The van der Waals surface area contributed by atoms with Gasteiger partial charge in [0.1, 0.15) is 0 Å². The number of allylic oxidation sites excluding steroid dienone is 2. The molecule has 0 spiro atoms. The van der Waals surface area contributed by atoms with Crippen LogP contribution in [0.1, 0.15) is 39.5 Å². The predicted octanol–water partition coefficient (Wildman–Crippen LogP) is 2.06. The summed E-state index contributed by atoms with van der Waals surface area (Å²) in [6, 6.07) is 0. The Hall–Kier alpha value is -1.32. The van der Waals surface area contributed by atoms with E-state index in [-0.39, 0.29) is 17.7 Å². The van der Waals surface area contributed by atoms with Crippen molar-refractivity contribution in [2.24, 2.45) is 11.8 Å². The van der Waals surface area contributed by atoms with Crippen LogP contribution in [0, 0.1) is 11.8 Å². The first-order valence-corrected chi connectivity index (χ1v) is 7.79. The van der Waals surface area contributed by atoms with Gasteiger partial charge in [0.25, 0.3) is 0 Å². The van der Waals surface area contributed by atoms with E-state index in [2.05, 4.69) is 26.0 Å². The smallest absolute Gasteiger partial charge is 0.226 e. The molecule has 0 saturated carbocycles. The minimum Gasteiger partial charge on any atom is -0.339 e. The maximum absolute atomic E-state index is 12.4. The average molecular weight is 278 g/mol. The number of piperazine rings is 1. The van der Waals surface area contributed by atoms with Crippen LogP contribution in [0.15, 0.2) is 12.2 Å². The van der Waals surface area contributed by atoms with Gasteiger partial charge in [0.05, 0.1) is 0 Å². The van der Waals surface area contributed by atoms with E-state index in [1.165, 1.54) is 0 Å². The van der Waals surface area contributed by atoms with E-state index in [1.807, 2.05) is 9.80 Å². The molecule has 0 N–H and O–H groups in total. The van der Waals surface area contributed by atoms with Gasteiger partial charge in [-0.3, -0.25) is 9.59 Å². The highest BCUT2D eigenvalue weighted by Crippen LogP contribution is 2.21. The van der Waals surface area contributed by atoms with Gasteiger partial charge in [-0.15, -0.1) is 0 Å². The lowest BCUT2D eigenvalue weighted by molar-refractivity contribution is -0.142. The first-order valence-electron chi connectivity index (χ1n) is 7.79. The summed E-state index contributed by atoms with van der Waals surface area (Å²) in [5.74, 6) is 1.08. The summed E-state index contributed by atoms with van der Waals surface area (Å²) in [5.41, 5.74) is 0. The fourth-order valence-electron chi connectivity index (χ4n) is 2.93. The van der Waals surface area contributed by atoms with Crippen LogP contribution in [0.5, 0.6) is 0 Å². The van der Waals surface area contributed by atoms with Gasteiger partial charge in [-0.2, -0.15) is 0 Å². The molecule has 0 aromatic carbocycles. The minimum absolute atomic E-state index is 0.165. The summed E-state index contributed by atoms with van der Waals surface area (Å²) >= 11 is 0. The number of carbonyl (C=O) groups excluding carboxylic acids is 2. The van der Waals surface area contributed by atoms with Gasteiger partial charge in [0, 0.05) is 38.5 Å². The molecule has 1 fully saturated rings. The molecule has 2 amide bonds. The van der Waals surface area contributed by atoms with E-state index in [4.69, 9.17) is 0 Å². The zero-order chi connectivity index (χ0) is 14.5. The lowest BCUT2D eigenvalue weighted by atomic mass is 9.93. The number of hydrogen-bond donors (Lipinski definition) is 0. The maximum atomic E-state index is 12.4. The van der Waals surface area contributed by atoms with Crippen molar-refractivity contribution in [1.82, 2.24) is 9.80 Å². The predicted molar refractivity (Wildman–Crippen MR) is 79.1 cm³/mol. The Morgan fingerprint density at radius 2 is 1.75 bits per heavy atom. The highest BCUT2D eigenvalue weighted by Gasteiger charge is 2.28. The Bertz CT molecular complexity index is 382. The summed E-state index contributed by atoms with van der Waals surface area (Å²) in [5, 5.41) is 0. The van der Waals surface area contributed by atoms with Crippen LogP contribution in [0.25, 0.3) is 0 Å².